The van der Waals surface area contributed by atoms with Crippen molar-refractivity contribution in [1.82, 2.24) is 10.3 Å². The lowest BCUT2D eigenvalue weighted by molar-refractivity contribution is 0.0949. The predicted octanol–water partition coefficient (Wildman–Crippen LogP) is 1.20. The molecule has 0 saturated heterocycles. The Kier molecular flexibility index (Phi) is 3.66. The molecule has 1 heterocycles. The van der Waals surface area contributed by atoms with Gasteiger partial charge in [0, 0.05) is 30.2 Å². The molecule has 4 N–H and O–H groups in total. The Morgan fingerprint density at radius 3 is 2.84 bits per heavy atom. The van der Waals surface area contributed by atoms with E-state index in [0.717, 1.165) is 11.3 Å². The normalized spacial score (nSPS) is 10.2. The Bertz CT molecular complexity index is 662. The summed E-state index contributed by atoms with van der Waals surface area (Å²) in [5.41, 5.74) is 7.71. The fraction of sp³-hybridized carbons (Fsp3) is 0.143. The van der Waals surface area contributed by atoms with Gasteiger partial charge in [0.05, 0.1) is 0 Å². The zero-order valence-corrected chi connectivity index (χ0v) is 10.6. The molecule has 0 radical (unpaired) electrons. The SMILES string of the molecule is Cc1cc(=O)c(C(=O)NCc2cccc(N)c2)c[nH]1. The quantitative estimate of drug-likeness (QED) is 0.722. The highest BCUT2D eigenvalue weighted by Gasteiger charge is 2.09. The van der Waals surface area contributed by atoms with E-state index >= 15 is 0 Å². The van der Waals surface area contributed by atoms with Gasteiger partial charge in [0.15, 0.2) is 5.43 Å². The Labute approximate surface area is 110 Å². The summed E-state index contributed by atoms with van der Waals surface area (Å²) in [6.07, 6.45) is 1.42. The number of nitrogens with two attached hydrogens (primary N) is 1. The van der Waals surface area contributed by atoms with Crippen LogP contribution in [0.5, 0.6) is 0 Å². The molecule has 2 aromatic rings. The van der Waals surface area contributed by atoms with Gasteiger partial charge in [0.25, 0.3) is 5.91 Å². The second-order valence-electron chi connectivity index (χ2n) is 4.32. The molecule has 1 aromatic heterocycles. The summed E-state index contributed by atoms with van der Waals surface area (Å²) in [7, 11) is 0. The number of rotatable bonds is 3. The number of carbonyl (C=O) groups is 1. The number of H-pyrrole nitrogens is 1. The summed E-state index contributed by atoms with van der Waals surface area (Å²) < 4.78 is 0. The van der Waals surface area contributed by atoms with Gasteiger partial charge in [-0.1, -0.05) is 12.1 Å². The van der Waals surface area contributed by atoms with Gasteiger partial charge in [-0.3, -0.25) is 9.59 Å². The lowest BCUT2D eigenvalue weighted by Crippen LogP contribution is -2.28. The number of hydrogen-bond acceptors (Lipinski definition) is 3. The van der Waals surface area contributed by atoms with E-state index in [1.165, 1.54) is 12.3 Å². The highest BCUT2D eigenvalue weighted by Crippen LogP contribution is 2.06. The topological polar surface area (TPSA) is 88.0 Å². The van der Waals surface area contributed by atoms with E-state index in [-0.39, 0.29) is 11.0 Å². The van der Waals surface area contributed by atoms with Crippen molar-refractivity contribution in [1.29, 1.82) is 0 Å². The van der Waals surface area contributed by atoms with Crippen LogP contribution in [0.15, 0.2) is 41.3 Å². The molecule has 1 aromatic carbocycles. The number of amides is 1. The van der Waals surface area contributed by atoms with E-state index in [4.69, 9.17) is 5.73 Å². The smallest absolute Gasteiger partial charge is 0.257 e. The van der Waals surface area contributed by atoms with Gasteiger partial charge in [0.1, 0.15) is 5.56 Å². The Balaban J connectivity index is 2.07. The molecule has 5 nitrogen and oxygen atoms in total. The van der Waals surface area contributed by atoms with Crippen LogP contribution in [0.3, 0.4) is 0 Å². The van der Waals surface area contributed by atoms with Crippen LogP contribution in [-0.2, 0) is 6.54 Å². The van der Waals surface area contributed by atoms with Crippen LogP contribution in [0.4, 0.5) is 5.69 Å². The minimum atomic E-state index is -0.399. The standard InChI is InChI=1S/C14H15N3O2/c1-9-5-13(18)12(8-16-9)14(19)17-7-10-3-2-4-11(15)6-10/h2-6,8H,7,15H2,1H3,(H,16,18)(H,17,19). The van der Waals surface area contributed by atoms with Gasteiger partial charge >= 0.3 is 0 Å². The predicted molar refractivity (Wildman–Crippen MR) is 73.8 cm³/mol. The van der Waals surface area contributed by atoms with Crippen LogP contribution in [-0.4, -0.2) is 10.9 Å². The number of nitrogen functional groups attached to an aromatic ring is 1. The van der Waals surface area contributed by atoms with E-state index in [1.54, 1.807) is 19.1 Å². The van der Waals surface area contributed by atoms with Crippen molar-refractivity contribution < 1.29 is 4.79 Å². The van der Waals surface area contributed by atoms with Crippen molar-refractivity contribution in [2.24, 2.45) is 0 Å². The van der Waals surface area contributed by atoms with Gasteiger partial charge in [-0.15, -0.1) is 0 Å². The van der Waals surface area contributed by atoms with Crippen molar-refractivity contribution >= 4 is 11.6 Å². The largest absolute Gasteiger partial charge is 0.399 e. The Morgan fingerprint density at radius 1 is 1.37 bits per heavy atom. The average molecular weight is 257 g/mol. The number of carbonyl (C=O) groups excluding carboxylic acids is 1. The van der Waals surface area contributed by atoms with Crippen molar-refractivity contribution in [2.45, 2.75) is 13.5 Å². The molecule has 0 aliphatic carbocycles. The molecule has 0 aliphatic heterocycles. The van der Waals surface area contributed by atoms with E-state index in [0.29, 0.717) is 12.2 Å². The third-order valence-corrected chi connectivity index (χ3v) is 2.71. The summed E-state index contributed by atoms with van der Waals surface area (Å²) >= 11 is 0. The molecule has 98 valence electrons. The van der Waals surface area contributed by atoms with Crippen molar-refractivity contribution in [3.8, 4) is 0 Å². The molecule has 0 saturated carbocycles. The molecule has 0 fully saturated rings. The van der Waals surface area contributed by atoms with Gasteiger partial charge in [0.2, 0.25) is 0 Å². The maximum absolute atomic E-state index is 11.9. The average Bonchev–Trinajstić information content (AvgIpc) is 2.36. The first-order valence-electron chi connectivity index (χ1n) is 5.88. The molecule has 0 aliphatic rings. The highest BCUT2D eigenvalue weighted by atomic mass is 16.2. The molecule has 1 amide bonds. The monoisotopic (exact) mass is 257 g/mol. The number of anilines is 1. The molecule has 0 bridgehead atoms. The van der Waals surface area contributed by atoms with Crippen molar-refractivity contribution in [3.05, 3.63) is 63.6 Å². The number of aromatic amines is 1. The van der Waals surface area contributed by atoms with Gasteiger partial charge in [-0.25, -0.2) is 0 Å². The number of pyridine rings is 1. The van der Waals surface area contributed by atoms with Crippen LogP contribution in [0.1, 0.15) is 21.6 Å². The lowest BCUT2D eigenvalue weighted by Gasteiger charge is -2.06. The Morgan fingerprint density at radius 2 is 2.16 bits per heavy atom. The number of aryl methyl sites for hydroxylation is 1. The first kappa shape index (κ1) is 12.9. The molecule has 5 heteroatoms. The van der Waals surface area contributed by atoms with Gasteiger partial charge in [-0.2, -0.15) is 0 Å². The van der Waals surface area contributed by atoms with Crippen LogP contribution >= 0.6 is 0 Å². The molecule has 0 atom stereocenters. The first-order chi connectivity index (χ1) is 9.06. The summed E-state index contributed by atoms with van der Waals surface area (Å²) in [5.74, 6) is -0.399. The third-order valence-electron chi connectivity index (χ3n) is 2.71. The van der Waals surface area contributed by atoms with Gasteiger partial charge < -0.3 is 16.0 Å². The second kappa shape index (κ2) is 5.39. The number of nitrogens with one attached hydrogen (secondary N) is 2. The summed E-state index contributed by atoms with van der Waals surface area (Å²) in [6, 6.07) is 8.62. The van der Waals surface area contributed by atoms with E-state index in [9.17, 15) is 9.59 Å². The maximum atomic E-state index is 11.9. The highest BCUT2D eigenvalue weighted by molar-refractivity contribution is 5.93. The minimum Gasteiger partial charge on any atom is -0.399 e. The van der Waals surface area contributed by atoms with Crippen molar-refractivity contribution in [3.63, 3.8) is 0 Å². The van der Waals surface area contributed by atoms with Crippen LogP contribution in [0.2, 0.25) is 0 Å². The van der Waals surface area contributed by atoms with E-state index < -0.39 is 5.91 Å². The minimum absolute atomic E-state index is 0.106. The zero-order valence-electron chi connectivity index (χ0n) is 10.6. The third kappa shape index (κ3) is 3.22. The molecular weight excluding hydrogens is 242 g/mol. The first-order valence-corrected chi connectivity index (χ1v) is 5.88. The number of hydrogen-bond donors (Lipinski definition) is 3. The van der Waals surface area contributed by atoms with Crippen molar-refractivity contribution in [2.75, 3.05) is 5.73 Å². The molecular formula is C14H15N3O2. The van der Waals surface area contributed by atoms with Crippen LogP contribution in [0, 0.1) is 6.92 Å². The molecule has 0 unspecified atom stereocenters. The van der Waals surface area contributed by atoms with E-state index in [2.05, 4.69) is 10.3 Å². The zero-order chi connectivity index (χ0) is 13.8. The molecule has 19 heavy (non-hydrogen) atoms. The maximum Gasteiger partial charge on any atom is 0.257 e. The van der Waals surface area contributed by atoms with E-state index in [1.807, 2.05) is 12.1 Å². The number of aromatic nitrogens is 1. The van der Waals surface area contributed by atoms with Crippen LogP contribution in [0.25, 0.3) is 0 Å². The second-order valence-corrected chi connectivity index (χ2v) is 4.32. The fourth-order valence-electron chi connectivity index (χ4n) is 1.73. The molecule has 2 rings (SSSR count). The Hall–Kier alpha value is -2.56. The summed E-state index contributed by atoms with van der Waals surface area (Å²) in [5, 5.41) is 2.69. The summed E-state index contributed by atoms with van der Waals surface area (Å²) in [4.78, 5) is 26.4. The summed E-state index contributed by atoms with van der Waals surface area (Å²) in [6.45, 7) is 2.09. The van der Waals surface area contributed by atoms with Crippen LogP contribution < -0.4 is 16.5 Å². The van der Waals surface area contributed by atoms with Gasteiger partial charge in [-0.05, 0) is 24.6 Å². The fourth-order valence-corrected chi connectivity index (χ4v) is 1.73. The lowest BCUT2D eigenvalue weighted by atomic mass is 10.2. The molecule has 0 spiro atoms. The number of benzene rings is 1.